The molecule has 0 radical (unpaired) electrons. The van der Waals surface area contributed by atoms with Crippen LogP contribution < -0.4 is 10.1 Å². The Kier molecular flexibility index (Phi) is 7.12. The molecule has 2 N–H and O–H groups in total. The molecular formula is C17H28N2O3. The average molecular weight is 308 g/mol. The van der Waals surface area contributed by atoms with Gasteiger partial charge in [0.05, 0.1) is 25.9 Å². The third-order valence-corrected chi connectivity index (χ3v) is 3.92. The second-order valence-electron chi connectivity index (χ2n) is 5.70. The fraction of sp³-hybridized carbons (Fsp3) is 0.647. The van der Waals surface area contributed by atoms with Crippen LogP contribution in [-0.4, -0.2) is 62.1 Å². The summed E-state index contributed by atoms with van der Waals surface area (Å²) in [5.41, 5.74) is 1.20. The molecule has 0 spiro atoms. The highest BCUT2D eigenvalue weighted by molar-refractivity contribution is 5.28. The highest BCUT2D eigenvalue weighted by Gasteiger charge is 2.15. The summed E-state index contributed by atoms with van der Waals surface area (Å²) in [7, 11) is 0. The Labute approximate surface area is 133 Å². The molecule has 2 atom stereocenters. The van der Waals surface area contributed by atoms with Gasteiger partial charge < -0.3 is 19.9 Å². The molecule has 5 nitrogen and oxygen atoms in total. The number of aliphatic hydroxyl groups is 1. The van der Waals surface area contributed by atoms with E-state index in [1.807, 2.05) is 19.1 Å². The minimum Gasteiger partial charge on any atom is -0.494 e. The van der Waals surface area contributed by atoms with Gasteiger partial charge in [0.15, 0.2) is 0 Å². The molecule has 2 rings (SSSR count). The smallest absolute Gasteiger partial charge is 0.119 e. The van der Waals surface area contributed by atoms with Crippen molar-refractivity contribution in [2.45, 2.75) is 26.0 Å². The monoisotopic (exact) mass is 308 g/mol. The molecule has 2 unspecified atom stereocenters. The third-order valence-electron chi connectivity index (χ3n) is 3.92. The lowest BCUT2D eigenvalue weighted by Gasteiger charge is -2.29. The number of aliphatic hydroxyl groups excluding tert-OH is 1. The molecular weight excluding hydrogens is 280 g/mol. The summed E-state index contributed by atoms with van der Waals surface area (Å²) in [5, 5.41) is 13.5. The Bertz CT molecular complexity index is 418. The van der Waals surface area contributed by atoms with Gasteiger partial charge in [-0.15, -0.1) is 0 Å². The van der Waals surface area contributed by atoms with Crippen LogP contribution in [-0.2, 0) is 4.74 Å². The molecule has 1 saturated heterocycles. The maximum atomic E-state index is 10.1. The zero-order chi connectivity index (χ0) is 15.8. The van der Waals surface area contributed by atoms with Crippen LogP contribution in [0.15, 0.2) is 24.3 Å². The Morgan fingerprint density at radius 2 is 1.95 bits per heavy atom. The van der Waals surface area contributed by atoms with Gasteiger partial charge in [-0.05, 0) is 31.5 Å². The molecule has 5 heteroatoms. The summed E-state index contributed by atoms with van der Waals surface area (Å²) < 4.78 is 10.8. The van der Waals surface area contributed by atoms with Gasteiger partial charge in [-0.1, -0.05) is 12.1 Å². The number of nitrogens with zero attached hydrogens (tertiary/aromatic N) is 1. The summed E-state index contributed by atoms with van der Waals surface area (Å²) in [6, 6.07) is 8.31. The molecule has 1 heterocycles. The largest absolute Gasteiger partial charge is 0.494 e. The molecule has 0 aromatic heterocycles. The predicted octanol–water partition coefficient (Wildman–Crippen LogP) is 1.43. The van der Waals surface area contributed by atoms with E-state index in [4.69, 9.17) is 9.47 Å². The standard InChI is InChI=1S/C17H28N2O3/c1-3-22-17-6-4-15(5-7-17)14(2)18-12-16(20)13-19-8-10-21-11-9-19/h4-7,14,16,18,20H,3,8-13H2,1-2H3. The van der Waals surface area contributed by atoms with Crippen molar-refractivity contribution in [3.8, 4) is 5.75 Å². The van der Waals surface area contributed by atoms with Gasteiger partial charge in [0.25, 0.3) is 0 Å². The van der Waals surface area contributed by atoms with Gasteiger partial charge in [0.2, 0.25) is 0 Å². The number of β-amino-alcohol motifs (C(OH)–C–C–N with tert-alkyl or cyclic N) is 1. The van der Waals surface area contributed by atoms with Crippen molar-refractivity contribution in [1.29, 1.82) is 0 Å². The Morgan fingerprint density at radius 1 is 1.27 bits per heavy atom. The third kappa shape index (κ3) is 5.57. The summed E-state index contributed by atoms with van der Waals surface area (Å²) in [4.78, 5) is 2.25. The highest BCUT2D eigenvalue weighted by atomic mass is 16.5. The summed E-state index contributed by atoms with van der Waals surface area (Å²) >= 11 is 0. The zero-order valence-corrected chi connectivity index (χ0v) is 13.6. The van der Waals surface area contributed by atoms with Crippen molar-refractivity contribution in [3.63, 3.8) is 0 Å². The molecule has 0 bridgehead atoms. The van der Waals surface area contributed by atoms with Crippen LogP contribution in [0.2, 0.25) is 0 Å². The maximum absolute atomic E-state index is 10.1. The summed E-state index contributed by atoms with van der Waals surface area (Å²) in [6.07, 6.45) is -0.358. The van der Waals surface area contributed by atoms with Crippen LogP contribution >= 0.6 is 0 Å². The van der Waals surface area contributed by atoms with Crippen molar-refractivity contribution >= 4 is 0 Å². The van der Waals surface area contributed by atoms with Crippen molar-refractivity contribution in [2.75, 3.05) is 46.0 Å². The molecule has 0 aliphatic carbocycles. The van der Waals surface area contributed by atoms with Gasteiger partial charge in [-0.25, -0.2) is 0 Å². The molecule has 1 aliphatic heterocycles. The van der Waals surface area contributed by atoms with Crippen molar-refractivity contribution in [1.82, 2.24) is 10.2 Å². The van der Waals surface area contributed by atoms with Gasteiger partial charge in [0, 0.05) is 32.2 Å². The van der Waals surface area contributed by atoms with E-state index >= 15 is 0 Å². The topological polar surface area (TPSA) is 54.0 Å². The maximum Gasteiger partial charge on any atom is 0.119 e. The fourth-order valence-electron chi connectivity index (χ4n) is 2.60. The lowest BCUT2D eigenvalue weighted by atomic mass is 10.1. The molecule has 124 valence electrons. The van der Waals surface area contributed by atoms with Crippen LogP contribution in [0.4, 0.5) is 0 Å². The Hall–Kier alpha value is -1.14. The quantitative estimate of drug-likeness (QED) is 0.761. The van der Waals surface area contributed by atoms with Crippen LogP contribution in [0.3, 0.4) is 0 Å². The number of morpholine rings is 1. The predicted molar refractivity (Wildman–Crippen MR) is 87.3 cm³/mol. The summed E-state index contributed by atoms with van der Waals surface area (Å²) in [5.74, 6) is 0.894. The van der Waals surface area contributed by atoms with E-state index in [0.717, 1.165) is 32.1 Å². The first-order valence-electron chi connectivity index (χ1n) is 8.13. The number of rotatable bonds is 8. The first-order valence-corrected chi connectivity index (χ1v) is 8.13. The van der Waals surface area contributed by atoms with E-state index < -0.39 is 0 Å². The number of hydrogen-bond donors (Lipinski definition) is 2. The second-order valence-corrected chi connectivity index (χ2v) is 5.70. The first-order chi connectivity index (χ1) is 10.7. The first kappa shape index (κ1) is 17.2. The number of nitrogens with one attached hydrogen (secondary N) is 1. The molecule has 1 aromatic rings. The molecule has 0 saturated carbocycles. The molecule has 1 fully saturated rings. The van der Waals surface area contributed by atoms with Gasteiger partial charge >= 0.3 is 0 Å². The fourth-order valence-corrected chi connectivity index (χ4v) is 2.60. The van der Waals surface area contributed by atoms with Gasteiger partial charge in [0.1, 0.15) is 5.75 Å². The molecule has 22 heavy (non-hydrogen) atoms. The molecule has 1 aliphatic rings. The van der Waals surface area contributed by atoms with Crippen LogP contribution in [0.1, 0.15) is 25.5 Å². The number of hydrogen-bond acceptors (Lipinski definition) is 5. The minimum absolute atomic E-state index is 0.204. The van der Waals surface area contributed by atoms with Crippen LogP contribution in [0.25, 0.3) is 0 Å². The van der Waals surface area contributed by atoms with E-state index in [2.05, 4.69) is 29.3 Å². The van der Waals surface area contributed by atoms with Crippen molar-refractivity contribution in [3.05, 3.63) is 29.8 Å². The lowest BCUT2D eigenvalue weighted by molar-refractivity contribution is 0.0145. The van der Waals surface area contributed by atoms with Crippen molar-refractivity contribution < 1.29 is 14.6 Å². The average Bonchev–Trinajstić information content (AvgIpc) is 2.54. The Balaban J connectivity index is 1.72. The van der Waals surface area contributed by atoms with Crippen molar-refractivity contribution in [2.24, 2.45) is 0 Å². The Morgan fingerprint density at radius 3 is 2.59 bits per heavy atom. The number of benzene rings is 1. The van der Waals surface area contributed by atoms with E-state index in [1.54, 1.807) is 0 Å². The van der Waals surface area contributed by atoms with E-state index in [0.29, 0.717) is 19.7 Å². The van der Waals surface area contributed by atoms with Crippen LogP contribution in [0, 0.1) is 0 Å². The summed E-state index contributed by atoms with van der Waals surface area (Å²) in [6.45, 7) is 9.41. The SMILES string of the molecule is CCOc1ccc(C(C)NCC(O)CN2CCOCC2)cc1. The van der Waals surface area contributed by atoms with Gasteiger partial charge in [-0.3, -0.25) is 4.90 Å². The molecule has 1 aromatic carbocycles. The minimum atomic E-state index is -0.358. The molecule has 0 amide bonds. The van der Waals surface area contributed by atoms with E-state index in [1.165, 1.54) is 5.56 Å². The normalized spacial score (nSPS) is 18.9. The highest BCUT2D eigenvalue weighted by Crippen LogP contribution is 2.17. The lowest BCUT2D eigenvalue weighted by Crippen LogP contribution is -2.44. The zero-order valence-electron chi connectivity index (χ0n) is 13.6. The number of ether oxygens (including phenoxy) is 2. The van der Waals surface area contributed by atoms with Crippen LogP contribution in [0.5, 0.6) is 5.75 Å². The van der Waals surface area contributed by atoms with E-state index in [-0.39, 0.29) is 12.1 Å². The van der Waals surface area contributed by atoms with Gasteiger partial charge in [-0.2, -0.15) is 0 Å². The second kappa shape index (κ2) is 9.10. The van der Waals surface area contributed by atoms with E-state index in [9.17, 15) is 5.11 Å².